The molecule has 3 rings (SSSR count). The standard InChI is InChI=1S/C23H21BrN2O5/c1-29-19-12-15(13-20(30-2)21(19)31-3)23(28)26-18-10-8-17(9-11-18)25-22(27)14-4-6-16(24)7-5-14/h4-13H,1-3H3,(H,25,27)(H,26,28). The van der Waals surface area contributed by atoms with Crippen LogP contribution in [0.25, 0.3) is 0 Å². The number of nitrogens with one attached hydrogen (secondary N) is 2. The third-order valence-electron chi connectivity index (χ3n) is 4.43. The molecule has 3 aromatic carbocycles. The number of carbonyl (C=O) groups is 2. The third-order valence-corrected chi connectivity index (χ3v) is 4.96. The minimum atomic E-state index is -0.342. The van der Waals surface area contributed by atoms with Crippen LogP contribution in [0.4, 0.5) is 11.4 Å². The van der Waals surface area contributed by atoms with Gasteiger partial charge in [-0.2, -0.15) is 0 Å². The van der Waals surface area contributed by atoms with Gasteiger partial charge in [0.2, 0.25) is 5.75 Å². The maximum atomic E-state index is 12.7. The molecule has 0 saturated carbocycles. The van der Waals surface area contributed by atoms with Crippen LogP contribution >= 0.6 is 15.9 Å². The van der Waals surface area contributed by atoms with Crippen LogP contribution in [0.3, 0.4) is 0 Å². The van der Waals surface area contributed by atoms with Crippen molar-refractivity contribution >= 4 is 39.1 Å². The maximum absolute atomic E-state index is 12.7. The molecule has 2 N–H and O–H groups in total. The van der Waals surface area contributed by atoms with E-state index in [1.54, 1.807) is 60.7 Å². The van der Waals surface area contributed by atoms with Gasteiger partial charge in [0.25, 0.3) is 11.8 Å². The van der Waals surface area contributed by atoms with Crippen molar-refractivity contribution in [3.63, 3.8) is 0 Å². The fourth-order valence-electron chi connectivity index (χ4n) is 2.86. The van der Waals surface area contributed by atoms with Gasteiger partial charge in [-0.3, -0.25) is 9.59 Å². The van der Waals surface area contributed by atoms with E-state index >= 15 is 0 Å². The highest BCUT2D eigenvalue weighted by atomic mass is 79.9. The van der Waals surface area contributed by atoms with Crippen LogP contribution in [-0.4, -0.2) is 33.1 Å². The number of hydrogen-bond donors (Lipinski definition) is 2. The van der Waals surface area contributed by atoms with E-state index in [4.69, 9.17) is 14.2 Å². The van der Waals surface area contributed by atoms with E-state index in [0.29, 0.717) is 39.8 Å². The van der Waals surface area contributed by atoms with Gasteiger partial charge < -0.3 is 24.8 Å². The summed E-state index contributed by atoms with van der Waals surface area (Å²) in [6.45, 7) is 0. The molecule has 0 unspecified atom stereocenters. The molecule has 0 aromatic heterocycles. The largest absolute Gasteiger partial charge is 0.493 e. The summed E-state index contributed by atoms with van der Waals surface area (Å²) in [5.41, 5.74) is 2.07. The smallest absolute Gasteiger partial charge is 0.255 e. The lowest BCUT2D eigenvalue weighted by Gasteiger charge is -2.14. The number of methoxy groups -OCH3 is 3. The van der Waals surface area contributed by atoms with Gasteiger partial charge in [0.05, 0.1) is 21.3 Å². The number of carbonyl (C=O) groups excluding carboxylic acids is 2. The normalized spacial score (nSPS) is 10.2. The average Bonchev–Trinajstić information content (AvgIpc) is 2.79. The van der Waals surface area contributed by atoms with Crippen molar-refractivity contribution in [3.8, 4) is 17.2 Å². The Kier molecular flexibility index (Phi) is 7.15. The van der Waals surface area contributed by atoms with Crippen LogP contribution in [0.15, 0.2) is 65.1 Å². The molecule has 7 nitrogen and oxygen atoms in total. The van der Waals surface area contributed by atoms with E-state index in [1.165, 1.54) is 21.3 Å². The monoisotopic (exact) mass is 484 g/mol. The molecule has 0 atom stereocenters. The zero-order valence-corrected chi connectivity index (χ0v) is 18.8. The Bertz CT molecular complexity index is 1060. The highest BCUT2D eigenvalue weighted by Gasteiger charge is 2.17. The summed E-state index contributed by atoms with van der Waals surface area (Å²) in [6.07, 6.45) is 0. The lowest BCUT2D eigenvalue weighted by Crippen LogP contribution is -2.13. The maximum Gasteiger partial charge on any atom is 0.255 e. The SMILES string of the molecule is COc1cc(C(=O)Nc2ccc(NC(=O)c3ccc(Br)cc3)cc2)cc(OC)c1OC. The van der Waals surface area contributed by atoms with Gasteiger partial charge in [0, 0.05) is 27.0 Å². The Balaban J connectivity index is 1.70. The van der Waals surface area contributed by atoms with Crippen molar-refractivity contribution in [3.05, 3.63) is 76.3 Å². The summed E-state index contributed by atoms with van der Waals surface area (Å²) in [4.78, 5) is 25.0. The fraction of sp³-hybridized carbons (Fsp3) is 0.130. The molecule has 0 radical (unpaired) electrons. The van der Waals surface area contributed by atoms with Crippen LogP contribution in [-0.2, 0) is 0 Å². The van der Waals surface area contributed by atoms with Crippen molar-refractivity contribution in [1.82, 2.24) is 0 Å². The first kappa shape index (κ1) is 22.2. The van der Waals surface area contributed by atoms with Gasteiger partial charge in [0.1, 0.15) is 0 Å². The zero-order chi connectivity index (χ0) is 22.4. The summed E-state index contributed by atoms with van der Waals surface area (Å²) in [5, 5.41) is 5.63. The lowest BCUT2D eigenvalue weighted by atomic mass is 10.1. The molecule has 0 fully saturated rings. The molecule has 2 amide bonds. The fourth-order valence-corrected chi connectivity index (χ4v) is 3.12. The van der Waals surface area contributed by atoms with Crippen molar-refractivity contribution in [2.75, 3.05) is 32.0 Å². The molecule has 0 heterocycles. The van der Waals surface area contributed by atoms with E-state index < -0.39 is 0 Å². The number of halogens is 1. The minimum Gasteiger partial charge on any atom is -0.493 e. The van der Waals surface area contributed by atoms with E-state index in [-0.39, 0.29) is 11.8 Å². The predicted molar refractivity (Wildman–Crippen MR) is 123 cm³/mol. The lowest BCUT2D eigenvalue weighted by molar-refractivity contribution is 0.101. The van der Waals surface area contributed by atoms with E-state index in [9.17, 15) is 9.59 Å². The Hall–Kier alpha value is -3.52. The van der Waals surface area contributed by atoms with Crippen LogP contribution in [0.5, 0.6) is 17.2 Å². The average molecular weight is 485 g/mol. The predicted octanol–water partition coefficient (Wildman–Crippen LogP) is 4.98. The van der Waals surface area contributed by atoms with Gasteiger partial charge in [-0.05, 0) is 60.7 Å². The Morgan fingerprint density at radius 3 is 1.55 bits per heavy atom. The summed E-state index contributed by atoms with van der Waals surface area (Å²) in [7, 11) is 4.47. The summed E-state index contributed by atoms with van der Waals surface area (Å²) < 4.78 is 16.7. The molecule has 0 saturated heterocycles. The van der Waals surface area contributed by atoms with Crippen molar-refractivity contribution in [2.24, 2.45) is 0 Å². The highest BCUT2D eigenvalue weighted by molar-refractivity contribution is 9.10. The number of anilines is 2. The molecule has 0 aliphatic rings. The first-order valence-corrected chi connectivity index (χ1v) is 10.0. The quantitative estimate of drug-likeness (QED) is 0.493. The topological polar surface area (TPSA) is 85.9 Å². The number of benzene rings is 3. The molecule has 31 heavy (non-hydrogen) atoms. The Labute approximate surface area is 188 Å². The minimum absolute atomic E-state index is 0.221. The first-order chi connectivity index (χ1) is 14.9. The molecule has 0 aliphatic carbocycles. The third kappa shape index (κ3) is 5.35. The summed E-state index contributed by atoms with van der Waals surface area (Å²) in [6, 6.07) is 17.0. The van der Waals surface area contributed by atoms with Crippen molar-refractivity contribution < 1.29 is 23.8 Å². The number of hydrogen-bond acceptors (Lipinski definition) is 5. The van der Waals surface area contributed by atoms with Gasteiger partial charge in [-0.25, -0.2) is 0 Å². The first-order valence-electron chi connectivity index (χ1n) is 9.23. The second-order valence-electron chi connectivity index (χ2n) is 6.41. The molecular weight excluding hydrogens is 464 g/mol. The number of rotatable bonds is 7. The van der Waals surface area contributed by atoms with E-state index in [2.05, 4.69) is 26.6 Å². The van der Waals surface area contributed by atoms with Crippen LogP contribution in [0.1, 0.15) is 20.7 Å². The van der Waals surface area contributed by atoms with Crippen molar-refractivity contribution in [1.29, 1.82) is 0 Å². The summed E-state index contributed by atoms with van der Waals surface area (Å²) >= 11 is 3.34. The molecule has 0 aliphatic heterocycles. The van der Waals surface area contributed by atoms with Gasteiger partial charge in [-0.15, -0.1) is 0 Å². The van der Waals surface area contributed by atoms with Gasteiger partial charge in [0.15, 0.2) is 11.5 Å². The molecule has 0 spiro atoms. The molecule has 160 valence electrons. The van der Waals surface area contributed by atoms with Crippen LogP contribution < -0.4 is 24.8 Å². The van der Waals surface area contributed by atoms with Crippen LogP contribution in [0, 0.1) is 0 Å². The van der Waals surface area contributed by atoms with Crippen LogP contribution in [0.2, 0.25) is 0 Å². The Morgan fingerprint density at radius 1 is 0.677 bits per heavy atom. The second kappa shape index (κ2) is 9.99. The summed E-state index contributed by atoms with van der Waals surface area (Å²) in [5.74, 6) is 0.621. The number of ether oxygens (including phenoxy) is 3. The Morgan fingerprint density at radius 2 is 1.13 bits per heavy atom. The second-order valence-corrected chi connectivity index (χ2v) is 7.32. The van der Waals surface area contributed by atoms with E-state index in [1.807, 2.05) is 0 Å². The highest BCUT2D eigenvalue weighted by Crippen LogP contribution is 2.38. The molecule has 0 bridgehead atoms. The molecule has 3 aromatic rings. The molecular formula is C23H21BrN2O5. The van der Waals surface area contributed by atoms with Crippen molar-refractivity contribution in [2.45, 2.75) is 0 Å². The zero-order valence-electron chi connectivity index (χ0n) is 17.2. The van der Waals surface area contributed by atoms with Gasteiger partial charge >= 0.3 is 0 Å². The van der Waals surface area contributed by atoms with Gasteiger partial charge in [-0.1, -0.05) is 15.9 Å². The number of amides is 2. The van der Waals surface area contributed by atoms with E-state index in [0.717, 1.165) is 4.47 Å². The molecule has 8 heteroatoms.